The molecule has 0 N–H and O–H groups in total. The number of nitro groups is 1. The first kappa shape index (κ1) is 18.4. The van der Waals surface area contributed by atoms with Crippen molar-refractivity contribution in [3.63, 3.8) is 0 Å². The Morgan fingerprint density at radius 3 is 2.57 bits per heavy atom. The van der Waals surface area contributed by atoms with Crippen LogP contribution in [0.5, 0.6) is 0 Å². The smallest absolute Gasteiger partial charge is 0.269 e. The van der Waals surface area contributed by atoms with Crippen molar-refractivity contribution >= 4 is 5.69 Å². The number of hydrogen-bond acceptors (Lipinski definition) is 3. The van der Waals surface area contributed by atoms with Crippen molar-refractivity contribution in [3.8, 4) is 0 Å². The van der Waals surface area contributed by atoms with E-state index in [0.29, 0.717) is 0 Å². The third-order valence-corrected chi connectivity index (χ3v) is 5.61. The molecule has 1 aromatic heterocycles. The zero-order chi connectivity index (χ0) is 19.7. The molecule has 0 aliphatic carbocycles. The number of aromatic nitrogens is 1. The summed E-state index contributed by atoms with van der Waals surface area (Å²) in [5.74, 6) is 0. The summed E-state index contributed by atoms with van der Waals surface area (Å²) in [6.45, 7) is 7.07. The minimum Gasteiger partial charge on any atom is -0.350 e. The lowest BCUT2D eigenvalue weighted by molar-refractivity contribution is -0.384. The van der Waals surface area contributed by atoms with Gasteiger partial charge in [-0.1, -0.05) is 35.9 Å². The SMILES string of the molecule is Cc1ccc(C2c3cccn3CCCN2Cc2ccc([N+](=O)[O-])cc2)c(C)c1. The Kier molecular flexibility index (Phi) is 5.01. The lowest BCUT2D eigenvalue weighted by Gasteiger charge is -2.32. The molecule has 0 amide bonds. The number of aryl methyl sites for hydroxylation is 3. The second-order valence-corrected chi connectivity index (χ2v) is 7.64. The number of hydrogen-bond donors (Lipinski definition) is 0. The maximum atomic E-state index is 10.9. The van der Waals surface area contributed by atoms with Gasteiger partial charge in [0, 0.05) is 43.7 Å². The fourth-order valence-electron chi connectivity index (χ4n) is 4.26. The summed E-state index contributed by atoms with van der Waals surface area (Å²) >= 11 is 0. The van der Waals surface area contributed by atoms with Crippen molar-refractivity contribution in [1.29, 1.82) is 0 Å². The molecule has 0 radical (unpaired) electrons. The second-order valence-electron chi connectivity index (χ2n) is 7.64. The molecule has 5 heteroatoms. The molecule has 2 heterocycles. The molecule has 144 valence electrons. The minimum absolute atomic E-state index is 0.138. The van der Waals surface area contributed by atoms with Gasteiger partial charge in [-0.3, -0.25) is 15.0 Å². The highest BCUT2D eigenvalue weighted by atomic mass is 16.6. The number of fused-ring (bicyclic) bond motifs is 1. The van der Waals surface area contributed by atoms with Crippen molar-refractivity contribution in [1.82, 2.24) is 9.47 Å². The fraction of sp³-hybridized carbons (Fsp3) is 0.304. The van der Waals surface area contributed by atoms with E-state index in [1.165, 1.54) is 22.4 Å². The Morgan fingerprint density at radius 1 is 1.07 bits per heavy atom. The summed E-state index contributed by atoms with van der Waals surface area (Å²) in [5, 5.41) is 10.9. The topological polar surface area (TPSA) is 51.3 Å². The van der Waals surface area contributed by atoms with Gasteiger partial charge in [0.2, 0.25) is 0 Å². The maximum Gasteiger partial charge on any atom is 0.269 e. The first-order valence-corrected chi connectivity index (χ1v) is 9.72. The van der Waals surface area contributed by atoms with Gasteiger partial charge in [-0.25, -0.2) is 0 Å². The maximum absolute atomic E-state index is 10.9. The summed E-state index contributed by atoms with van der Waals surface area (Å²) in [6, 6.07) is 18.2. The number of rotatable bonds is 4. The average Bonchev–Trinajstić information content (AvgIpc) is 3.05. The van der Waals surface area contributed by atoms with E-state index in [4.69, 9.17) is 0 Å². The number of benzene rings is 2. The van der Waals surface area contributed by atoms with Gasteiger partial charge in [0.25, 0.3) is 5.69 Å². The lowest BCUT2D eigenvalue weighted by atomic mass is 9.95. The number of nitrogens with zero attached hydrogens (tertiary/aromatic N) is 3. The standard InChI is InChI=1S/C23H25N3O2/c1-17-6-11-21(18(2)15-17)23-22-5-3-12-24(22)13-4-14-25(23)16-19-7-9-20(10-8-19)26(27)28/h3,5-12,15,23H,4,13-14,16H2,1-2H3. The lowest BCUT2D eigenvalue weighted by Crippen LogP contribution is -2.30. The van der Waals surface area contributed by atoms with Crippen LogP contribution in [0.2, 0.25) is 0 Å². The van der Waals surface area contributed by atoms with Crippen molar-refractivity contribution in [2.75, 3.05) is 6.54 Å². The van der Waals surface area contributed by atoms with Crippen molar-refractivity contribution in [2.45, 2.75) is 39.4 Å². The van der Waals surface area contributed by atoms with E-state index < -0.39 is 0 Å². The molecule has 0 spiro atoms. The van der Waals surface area contributed by atoms with Gasteiger partial charge in [0.15, 0.2) is 0 Å². The van der Waals surface area contributed by atoms with E-state index in [2.05, 4.69) is 59.8 Å². The Labute approximate surface area is 165 Å². The summed E-state index contributed by atoms with van der Waals surface area (Å²) < 4.78 is 2.36. The molecule has 3 aromatic rings. The van der Waals surface area contributed by atoms with Crippen LogP contribution < -0.4 is 0 Å². The average molecular weight is 375 g/mol. The minimum atomic E-state index is -0.346. The van der Waals surface area contributed by atoms with E-state index in [0.717, 1.165) is 31.6 Å². The predicted molar refractivity (Wildman–Crippen MR) is 110 cm³/mol. The molecule has 5 nitrogen and oxygen atoms in total. The normalized spacial score (nSPS) is 17.1. The van der Waals surface area contributed by atoms with E-state index in [1.54, 1.807) is 12.1 Å². The second kappa shape index (κ2) is 7.60. The van der Waals surface area contributed by atoms with Gasteiger partial charge in [-0.2, -0.15) is 0 Å². The largest absolute Gasteiger partial charge is 0.350 e. The highest BCUT2D eigenvalue weighted by Crippen LogP contribution is 2.35. The van der Waals surface area contributed by atoms with E-state index in [-0.39, 0.29) is 16.7 Å². The third-order valence-electron chi connectivity index (χ3n) is 5.61. The van der Waals surface area contributed by atoms with Crippen molar-refractivity contribution in [2.24, 2.45) is 0 Å². The molecule has 1 aliphatic rings. The molecule has 0 bridgehead atoms. The highest BCUT2D eigenvalue weighted by molar-refractivity contribution is 5.38. The Balaban J connectivity index is 1.72. The molecule has 0 fully saturated rings. The Morgan fingerprint density at radius 2 is 1.86 bits per heavy atom. The summed E-state index contributed by atoms with van der Waals surface area (Å²) in [7, 11) is 0. The number of nitro benzene ring substituents is 1. The van der Waals surface area contributed by atoms with Crippen LogP contribution in [0.15, 0.2) is 60.8 Å². The highest BCUT2D eigenvalue weighted by Gasteiger charge is 2.28. The molecule has 4 rings (SSSR count). The molecule has 0 saturated heterocycles. The zero-order valence-electron chi connectivity index (χ0n) is 16.3. The monoisotopic (exact) mass is 375 g/mol. The van der Waals surface area contributed by atoms with Crippen LogP contribution in [0.4, 0.5) is 5.69 Å². The van der Waals surface area contributed by atoms with E-state index >= 15 is 0 Å². The van der Waals surface area contributed by atoms with E-state index in [9.17, 15) is 10.1 Å². The predicted octanol–water partition coefficient (Wildman–Crippen LogP) is 5.01. The van der Waals surface area contributed by atoms with Gasteiger partial charge in [-0.05, 0) is 49.1 Å². The molecular weight excluding hydrogens is 350 g/mol. The van der Waals surface area contributed by atoms with Gasteiger partial charge in [0.05, 0.1) is 11.0 Å². The van der Waals surface area contributed by atoms with Gasteiger partial charge in [0.1, 0.15) is 0 Å². The summed E-state index contributed by atoms with van der Waals surface area (Å²) in [6.07, 6.45) is 3.25. The van der Waals surface area contributed by atoms with Crippen LogP contribution in [0.25, 0.3) is 0 Å². The number of non-ortho nitro benzene ring substituents is 1. The first-order valence-electron chi connectivity index (χ1n) is 9.72. The third kappa shape index (κ3) is 3.58. The van der Waals surface area contributed by atoms with Crippen LogP contribution in [-0.2, 0) is 13.1 Å². The van der Waals surface area contributed by atoms with Gasteiger partial charge in [-0.15, -0.1) is 0 Å². The Bertz CT molecular complexity index is 991. The fourth-order valence-corrected chi connectivity index (χ4v) is 4.26. The summed E-state index contributed by atoms with van der Waals surface area (Å²) in [5.41, 5.74) is 6.45. The van der Waals surface area contributed by atoms with Crippen molar-refractivity contribution in [3.05, 3.63) is 98.9 Å². The molecule has 28 heavy (non-hydrogen) atoms. The molecular formula is C23H25N3O2. The van der Waals surface area contributed by atoms with Crippen LogP contribution in [0.3, 0.4) is 0 Å². The van der Waals surface area contributed by atoms with Gasteiger partial charge >= 0.3 is 0 Å². The molecule has 0 saturated carbocycles. The molecule has 1 aliphatic heterocycles. The van der Waals surface area contributed by atoms with Crippen LogP contribution in [0.1, 0.15) is 40.4 Å². The van der Waals surface area contributed by atoms with Crippen molar-refractivity contribution < 1.29 is 4.92 Å². The van der Waals surface area contributed by atoms with Crippen LogP contribution in [-0.4, -0.2) is 20.9 Å². The molecule has 1 unspecified atom stereocenters. The molecule has 1 atom stereocenters. The molecule has 2 aromatic carbocycles. The first-order chi connectivity index (χ1) is 13.5. The van der Waals surface area contributed by atoms with Gasteiger partial charge < -0.3 is 4.57 Å². The van der Waals surface area contributed by atoms with Crippen LogP contribution in [0, 0.1) is 24.0 Å². The Hall–Kier alpha value is -2.92. The zero-order valence-corrected chi connectivity index (χ0v) is 16.3. The quantitative estimate of drug-likeness (QED) is 0.476. The summed E-state index contributed by atoms with van der Waals surface area (Å²) in [4.78, 5) is 13.1. The van der Waals surface area contributed by atoms with Crippen LogP contribution >= 0.6 is 0 Å². The van der Waals surface area contributed by atoms with E-state index in [1.807, 2.05) is 12.1 Å².